The second-order valence-electron chi connectivity index (χ2n) is 3.20. The molecule has 0 saturated heterocycles. The Bertz CT molecular complexity index is 547. The van der Waals surface area contributed by atoms with Crippen molar-refractivity contribution < 1.29 is 14.3 Å². The zero-order valence-electron chi connectivity index (χ0n) is 9.22. The minimum absolute atomic E-state index is 0.297. The second kappa shape index (κ2) is 3.80. The van der Waals surface area contributed by atoms with Crippen molar-refractivity contribution in [3.05, 3.63) is 18.0 Å². The first kappa shape index (κ1) is 10.4. The Kier molecular flexibility index (Phi) is 2.47. The molecule has 16 heavy (non-hydrogen) atoms. The number of nitrogens with zero attached hydrogens (tertiary/aromatic N) is 3. The lowest BCUT2D eigenvalue weighted by molar-refractivity contribution is 0.0597. The SMILES string of the molecule is COC(=O)c1cnc2c(cnn2C)c1OC. The molecule has 0 N–H and O–H groups in total. The summed E-state index contributed by atoms with van der Waals surface area (Å²) in [4.78, 5) is 15.6. The Morgan fingerprint density at radius 1 is 1.38 bits per heavy atom. The fourth-order valence-electron chi connectivity index (χ4n) is 1.55. The predicted octanol–water partition coefficient (Wildman–Crippen LogP) is 0.763. The van der Waals surface area contributed by atoms with E-state index in [9.17, 15) is 4.79 Å². The smallest absolute Gasteiger partial charge is 0.343 e. The molecule has 2 aromatic rings. The second-order valence-corrected chi connectivity index (χ2v) is 3.20. The maximum atomic E-state index is 11.5. The maximum Gasteiger partial charge on any atom is 0.343 e. The van der Waals surface area contributed by atoms with Gasteiger partial charge in [0.25, 0.3) is 0 Å². The third kappa shape index (κ3) is 1.39. The van der Waals surface area contributed by atoms with Crippen molar-refractivity contribution in [2.45, 2.75) is 0 Å². The fourth-order valence-corrected chi connectivity index (χ4v) is 1.55. The maximum absolute atomic E-state index is 11.5. The van der Waals surface area contributed by atoms with Gasteiger partial charge in [0.2, 0.25) is 0 Å². The topological polar surface area (TPSA) is 66.2 Å². The molecule has 0 saturated carbocycles. The molecular formula is C10H11N3O3. The molecule has 0 aliphatic carbocycles. The van der Waals surface area contributed by atoms with E-state index in [4.69, 9.17) is 4.74 Å². The van der Waals surface area contributed by atoms with Crippen LogP contribution in [-0.4, -0.2) is 35.0 Å². The lowest BCUT2D eigenvalue weighted by Crippen LogP contribution is -2.05. The Hall–Kier alpha value is -2.11. The van der Waals surface area contributed by atoms with Crippen molar-refractivity contribution in [1.82, 2.24) is 14.8 Å². The minimum atomic E-state index is -0.477. The summed E-state index contributed by atoms with van der Waals surface area (Å²) in [6.45, 7) is 0. The fraction of sp³-hybridized carbons (Fsp3) is 0.300. The lowest BCUT2D eigenvalue weighted by atomic mass is 10.2. The van der Waals surface area contributed by atoms with Crippen LogP contribution in [0.1, 0.15) is 10.4 Å². The molecule has 0 amide bonds. The third-order valence-corrected chi connectivity index (χ3v) is 2.32. The zero-order valence-corrected chi connectivity index (χ0v) is 9.22. The van der Waals surface area contributed by atoms with Crippen molar-refractivity contribution in [1.29, 1.82) is 0 Å². The van der Waals surface area contributed by atoms with Gasteiger partial charge >= 0.3 is 5.97 Å². The first-order valence-electron chi connectivity index (χ1n) is 4.62. The van der Waals surface area contributed by atoms with Crippen LogP contribution in [0.4, 0.5) is 0 Å². The molecule has 6 nitrogen and oxygen atoms in total. The van der Waals surface area contributed by atoms with Crippen molar-refractivity contribution in [2.75, 3.05) is 14.2 Å². The summed E-state index contributed by atoms with van der Waals surface area (Å²) in [5.74, 6) is -0.0416. The number of methoxy groups -OCH3 is 2. The van der Waals surface area contributed by atoms with Gasteiger partial charge in [-0.25, -0.2) is 9.78 Å². The first-order chi connectivity index (χ1) is 7.69. The molecule has 0 bridgehead atoms. The predicted molar refractivity (Wildman–Crippen MR) is 56.4 cm³/mol. The highest BCUT2D eigenvalue weighted by Crippen LogP contribution is 2.27. The summed E-state index contributed by atoms with van der Waals surface area (Å²) in [6.07, 6.45) is 3.03. The summed E-state index contributed by atoms with van der Waals surface area (Å²) in [5, 5.41) is 4.74. The van der Waals surface area contributed by atoms with E-state index >= 15 is 0 Å². The number of carbonyl (C=O) groups excluding carboxylic acids is 1. The van der Waals surface area contributed by atoms with Crippen LogP contribution in [0, 0.1) is 0 Å². The third-order valence-electron chi connectivity index (χ3n) is 2.32. The number of hydrogen-bond acceptors (Lipinski definition) is 5. The Morgan fingerprint density at radius 2 is 2.12 bits per heavy atom. The van der Waals surface area contributed by atoms with E-state index in [2.05, 4.69) is 14.8 Å². The van der Waals surface area contributed by atoms with Gasteiger partial charge in [-0.05, 0) is 0 Å². The van der Waals surface area contributed by atoms with Crippen LogP contribution in [0.25, 0.3) is 11.0 Å². The van der Waals surface area contributed by atoms with Gasteiger partial charge in [0.1, 0.15) is 11.3 Å². The van der Waals surface area contributed by atoms with Gasteiger partial charge in [0.15, 0.2) is 5.65 Å². The standard InChI is InChI=1S/C10H11N3O3/c1-13-9-6(5-12-13)8(15-2)7(4-11-9)10(14)16-3/h4-5H,1-3H3. The highest BCUT2D eigenvalue weighted by Gasteiger charge is 2.18. The Labute approximate surface area is 91.8 Å². The molecule has 0 radical (unpaired) electrons. The molecule has 0 aliphatic heterocycles. The van der Waals surface area contributed by atoms with Crippen molar-refractivity contribution in [3.8, 4) is 5.75 Å². The quantitative estimate of drug-likeness (QED) is 0.700. The van der Waals surface area contributed by atoms with Crippen LogP contribution < -0.4 is 4.74 Å². The lowest BCUT2D eigenvalue weighted by Gasteiger charge is -2.06. The van der Waals surface area contributed by atoms with Gasteiger partial charge in [-0.1, -0.05) is 0 Å². The highest BCUT2D eigenvalue weighted by molar-refractivity contribution is 5.98. The monoisotopic (exact) mass is 221 g/mol. The molecule has 2 rings (SSSR count). The first-order valence-corrected chi connectivity index (χ1v) is 4.62. The number of aryl methyl sites for hydroxylation is 1. The van der Waals surface area contributed by atoms with Gasteiger partial charge in [0.05, 0.1) is 25.8 Å². The Morgan fingerprint density at radius 3 is 2.75 bits per heavy atom. The van der Waals surface area contributed by atoms with Crippen LogP contribution in [-0.2, 0) is 11.8 Å². The number of pyridine rings is 1. The molecule has 0 atom stereocenters. The van der Waals surface area contributed by atoms with E-state index in [-0.39, 0.29) is 0 Å². The van der Waals surface area contributed by atoms with Crippen LogP contribution in [0.3, 0.4) is 0 Å². The number of hydrogen-bond donors (Lipinski definition) is 0. The van der Waals surface area contributed by atoms with Gasteiger partial charge in [0, 0.05) is 13.2 Å². The molecular weight excluding hydrogens is 210 g/mol. The number of carbonyl (C=O) groups is 1. The van der Waals surface area contributed by atoms with E-state index < -0.39 is 5.97 Å². The molecule has 6 heteroatoms. The van der Waals surface area contributed by atoms with Crippen LogP contribution in [0.5, 0.6) is 5.75 Å². The average molecular weight is 221 g/mol. The van der Waals surface area contributed by atoms with E-state index in [1.165, 1.54) is 20.4 Å². The molecule has 0 unspecified atom stereocenters. The molecule has 0 fully saturated rings. The molecule has 84 valence electrons. The van der Waals surface area contributed by atoms with E-state index in [1.807, 2.05) is 0 Å². The molecule has 0 aliphatic rings. The summed E-state index contributed by atoms with van der Waals surface area (Å²) in [7, 11) is 4.58. The molecule has 0 aromatic carbocycles. The van der Waals surface area contributed by atoms with E-state index in [0.29, 0.717) is 22.3 Å². The van der Waals surface area contributed by atoms with Crippen molar-refractivity contribution in [3.63, 3.8) is 0 Å². The molecule has 2 heterocycles. The van der Waals surface area contributed by atoms with E-state index in [0.717, 1.165) is 0 Å². The Balaban J connectivity index is 2.73. The summed E-state index contributed by atoms with van der Waals surface area (Å²) in [6, 6.07) is 0. The van der Waals surface area contributed by atoms with Crippen LogP contribution >= 0.6 is 0 Å². The van der Waals surface area contributed by atoms with Gasteiger partial charge < -0.3 is 9.47 Å². The molecule has 2 aromatic heterocycles. The summed E-state index contributed by atoms with van der Waals surface area (Å²) < 4.78 is 11.5. The normalized spacial score (nSPS) is 10.4. The summed E-state index contributed by atoms with van der Waals surface area (Å²) in [5.41, 5.74) is 0.954. The van der Waals surface area contributed by atoms with Crippen LogP contribution in [0.2, 0.25) is 0 Å². The minimum Gasteiger partial charge on any atom is -0.495 e. The van der Waals surface area contributed by atoms with Crippen LogP contribution in [0.15, 0.2) is 12.4 Å². The number of esters is 1. The number of aromatic nitrogens is 3. The number of fused-ring (bicyclic) bond motifs is 1. The van der Waals surface area contributed by atoms with E-state index in [1.54, 1.807) is 17.9 Å². The number of rotatable bonds is 2. The average Bonchev–Trinajstić information content (AvgIpc) is 2.69. The van der Waals surface area contributed by atoms with Gasteiger partial charge in [-0.15, -0.1) is 0 Å². The van der Waals surface area contributed by atoms with Crippen molar-refractivity contribution >= 4 is 17.0 Å². The highest BCUT2D eigenvalue weighted by atomic mass is 16.5. The zero-order chi connectivity index (χ0) is 11.7. The summed E-state index contributed by atoms with van der Waals surface area (Å²) >= 11 is 0. The van der Waals surface area contributed by atoms with Gasteiger partial charge in [-0.2, -0.15) is 5.10 Å². The largest absolute Gasteiger partial charge is 0.495 e. The van der Waals surface area contributed by atoms with Crippen molar-refractivity contribution in [2.24, 2.45) is 7.05 Å². The number of ether oxygens (including phenoxy) is 2. The molecule has 0 spiro atoms. The van der Waals surface area contributed by atoms with Gasteiger partial charge in [-0.3, -0.25) is 4.68 Å².